The SMILES string of the molecule is O=C(NCc1nnc2ccccn12)c1cc2c(s1)CCC2. The number of carbonyl (C=O) groups is 1. The Morgan fingerprint density at radius 1 is 1.33 bits per heavy atom. The molecule has 0 aliphatic heterocycles. The number of pyridine rings is 1. The normalized spacial score (nSPS) is 13.5. The largest absolute Gasteiger partial charge is 0.344 e. The number of hydrogen-bond donors (Lipinski definition) is 1. The standard InChI is InChI=1S/C15H14N4OS/c20-15(12-8-10-4-3-5-11(10)21-12)16-9-14-18-17-13-6-1-2-7-19(13)14/h1-2,6-8H,3-5,9H2,(H,16,20). The van der Waals surface area contributed by atoms with Crippen LogP contribution in [-0.2, 0) is 19.4 Å². The van der Waals surface area contributed by atoms with Crippen LogP contribution in [0.4, 0.5) is 0 Å². The smallest absolute Gasteiger partial charge is 0.261 e. The van der Waals surface area contributed by atoms with Crippen molar-refractivity contribution in [2.75, 3.05) is 0 Å². The second-order valence-electron chi connectivity index (χ2n) is 5.14. The van der Waals surface area contributed by atoms with Crippen LogP contribution in [0.2, 0.25) is 0 Å². The van der Waals surface area contributed by atoms with Crippen LogP contribution in [0, 0.1) is 0 Å². The molecule has 6 heteroatoms. The maximum Gasteiger partial charge on any atom is 0.261 e. The summed E-state index contributed by atoms with van der Waals surface area (Å²) >= 11 is 1.62. The monoisotopic (exact) mass is 298 g/mol. The minimum absolute atomic E-state index is 0.0259. The van der Waals surface area contributed by atoms with Crippen molar-refractivity contribution < 1.29 is 4.79 Å². The first-order chi connectivity index (χ1) is 10.3. The summed E-state index contributed by atoms with van der Waals surface area (Å²) in [5.74, 6) is 0.713. The molecule has 1 amide bonds. The molecule has 0 saturated heterocycles. The molecular formula is C15H14N4OS. The Morgan fingerprint density at radius 3 is 3.19 bits per heavy atom. The number of hydrogen-bond acceptors (Lipinski definition) is 4. The lowest BCUT2D eigenvalue weighted by atomic mass is 10.2. The van der Waals surface area contributed by atoms with Gasteiger partial charge in [0.2, 0.25) is 0 Å². The summed E-state index contributed by atoms with van der Waals surface area (Å²) < 4.78 is 1.88. The molecule has 5 nitrogen and oxygen atoms in total. The molecule has 106 valence electrons. The van der Waals surface area contributed by atoms with Crippen molar-refractivity contribution in [2.24, 2.45) is 0 Å². The molecule has 1 N–H and O–H groups in total. The first kappa shape index (κ1) is 12.5. The lowest BCUT2D eigenvalue weighted by Crippen LogP contribution is -2.23. The molecular weight excluding hydrogens is 284 g/mol. The van der Waals surface area contributed by atoms with E-state index in [9.17, 15) is 4.79 Å². The van der Waals surface area contributed by atoms with Gasteiger partial charge >= 0.3 is 0 Å². The van der Waals surface area contributed by atoms with Crippen LogP contribution in [-0.4, -0.2) is 20.5 Å². The van der Waals surface area contributed by atoms with E-state index < -0.39 is 0 Å². The molecule has 0 bridgehead atoms. The summed E-state index contributed by atoms with van der Waals surface area (Å²) in [4.78, 5) is 14.4. The number of aromatic nitrogens is 3. The lowest BCUT2D eigenvalue weighted by Gasteiger charge is -2.02. The van der Waals surface area contributed by atoms with E-state index in [1.807, 2.05) is 34.9 Å². The predicted molar refractivity (Wildman–Crippen MR) is 80.5 cm³/mol. The van der Waals surface area contributed by atoms with E-state index in [1.165, 1.54) is 16.9 Å². The highest BCUT2D eigenvalue weighted by molar-refractivity contribution is 7.14. The molecule has 21 heavy (non-hydrogen) atoms. The van der Waals surface area contributed by atoms with Crippen molar-refractivity contribution in [3.05, 3.63) is 51.6 Å². The molecule has 3 aromatic rings. The summed E-state index contributed by atoms with van der Waals surface area (Å²) in [5, 5.41) is 11.1. The van der Waals surface area contributed by atoms with E-state index >= 15 is 0 Å². The minimum Gasteiger partial charge on any atom is -0.344 e. The van der Waals surface area contributed by atoms with Crippen molar-refractivity contribution in [1.29, 1.82) is 0 Å². The van der Waals surface area contributed by atoms with Gasteiger partial charge in [-0.1, -0.05) is 6.07 Å². The van der Waals surface area contributed by atoms with Gasteiger partial charge in [-0.3, -0.25) is 9.20 Å². The van der Waals surface area contributed by atoms with Crippen LogP contribution in [0.3, 0.4) is 0 Å². The predicted octanol–water partition coefficient (Wildman–Crippen LogP) is 2.21. The van der Waals surface area contributed by atoms with Crippen molar-refractivity contribution >= 4 is 22.9 Å². The second kappa shape index (κ2) is 4.96. The van der Waals surface area contributed by atoms with Crippen LogP contribution in [0.25, 0.3) is 5.65 Å². The third-order valence-corrected chi connectivity index (χ3v) is 5.00. The van der Waals surface area contributed by atoms with E-state index in [-0.39, 0.29) is 5.91 Å². The average molecular weight is 298 g/mol. The van der Waals surface area contributed by atoms with Crippen LogP contribution >= 0.6 is 11.3 Å². The summed E-state index contributed by atoms with van der Waals surface area (Å²) in [7, 11) is 0. The van der Waals surface area contributed by atoms with Gasteiger partial charge in [-0.15, -0.1) is 21.5 Å². The number of rotatable bonds is 3. The summed E-state index contributed by atoms with van der Waals surface area (Å²) in [5.41, 5.74) is 2.13. The second-order valence-corrected chi connectivity index (χ2v) is 6.28. The summed E-state index contributed by atoms with van der Waals surface area (Å²) in [6, 6.07) is 7.76. The Morgan fingerprint density at radius 2 is 2.29 bits per heavy atom. The molecule has 4 rings (SSSR count). The fourth-order valence-corrected chi connectivity index (χ4v) is 3.87. The van der Waals surface area contributed by atoms with Crippen LogP contribution in [0.5, 0.6) is 0 Å². The van der Waals surface area contributed by atoms with E-state index in [0.29, 0.717) is 6.54 Å². The van der Waals surface area contributed by atoms with Gasteiger partial charge in [0.05, 0.1) is 11.4 Å². The third-order valence-electron chi connectivity index (χ3n) is 3.76. The summed E-state index contributed by atoms with van der Waals surface area (Å²) in [6.07, 6.45) is 5.33. The number of fused-ring (bicyclic) bond motifs is 2. The quantitative estimate of drug-likeness (QED) is 0.806. The van der Waals surface area contributed by atoms with Gasteiger partial charge in [-0.05, 0) is 43.0 Å². The summed E-state index contributed by atoms with van der Waals surface area (Å²) in [6.45, 7) is 0.382. The van der Waals surface area contributed by atoms with Gasteiger partial charge in [-0.2, -0.15) is 0 Å². The molecule has 0 radical (unpaired) electrons. The van der Waals surface area contributed by atoms with Crippen LogP contribution < -0.4 is 5.32 Å². The first-order valence-corrected chi connectivity index (χ1v) is 7.81. The Kier molecular flexibility index (Phi) is 2.96. The number of thiophene rings is 1. The maximum absolute atomic E-state index is 12.2. The lowest BCUT2D eigenvalue weighted by molar-refractivity contribution is 0.0954. The Labute approximate surface area is 125 Å². The number of amides is 1. The van der Waals surface area contributed by atoms with Crippen molar-refractivity contribution in [2.45, 2.75) is 25.8 Å². The molecule has 0 fully saturated rings. The third kappa shape index (κ3) is 2.21. The molecule has 0 aromatic carbocycles. The molecule has 3 heterocycles. The van der Waals surface area contributed by atoms with E-state index in [4.69, 9.17) is 0 Å². The highest BCUT2D eigenvalue weighted by atomic mass is 32.1. The maximum atomic E-state index is 12.2. The number of carbonyl (C=O) groups excluding carboxylic acids is 1. The highest BCUT2D eigenvalue weighted by Gasteiger charge is 2.18. The molecule has 3 aromatic heterocycles. The van der Waals surface area contributed by atoms with Gasteiger partial charge in [0, 0.05) is 11.1 Å². The number of nitrogens with zero attached hydrogens (tertiary/aromatic N) is 3. The zero-order valence-electron chi connectivity index (χ0n) is 11.4. The van der Waals surface area contributed by atoms with Gasteiger partial charge in [0.15, 0.2) is 11.5 Å². The Bertz CT molecular complexity index is 799. The zero-order chi connectivity index (χ0) is 14.2. The fourth-order valence-electron chi connectivity index (χ4n) is 2.70. The Hall–Kier alpha value is -2.21. The molecule has 0 atom stereocenters. The minimum atomic E-state index is -0.0259. The van der Waals surface area contributed by atoms with Gasteiger partial charge < -0.3 is 5.32 Å². The molecule has 1 aliphatic carbocycles. The van der Waals surface area contributed by atoms with Crippen molar-refractivity contribution in [3.8, 4) is 0 Å². The van der Waals surface area contributed by atoms with Crippen LogP contribution in [0.15, 0.2) is 30.5 Å². The fraction of sp³-hybridized carbons (Fsp3) is 0.267. The van der Waals surface area contributed by atoms with Gasteiger partial charge in [-0.25, -0.2) is 0 Å². The van der Waals surface area contributed by atoms with Crippen molar-refractivity contribution in [3.63, 3.8) is 0 Å². The average Bonchev–Trinajstić information content (AvgIpc) is 3.18. The van der Waals surface area contributed by atoms with Crippen LogP contribution in [0.1, 0.15) is 32.4 Å². The number of nitrogens with one attached hydrogen (secondary N) is 1. The number of aryl methyl sites for hydroxylation is 2. The molecule has 1 aliphatic rings. The first-order valence-electron chi connectivity index (χ1n) is 7.00. The Balaban J connectivity index is 1.49. The molecule has 0 unspecified atom stereocenters. The topological polar surface area (TPSA) is 59.3 Å². The highest BCUT2D eigenvalue weighted by Crippen LogP contribution is 2.30. The zero-order valence-corrected chi connectivity index (χ0v) is 12.2. The molecule has 0 spiro atoms. The van der Waals surface area contributed by atoms with E-state index in [2.05, 4.69) is 15.5 Å². The van der Waals surface area contributed by atoms with E-state index in [0.717, 1.165) is 29.2 Å². The van der Waals surface area contributed by atoms with Gasteiger partial charge in [0.25, 0.3) is 5.91 Å². The molecule has 0 saturated carbocycles. The van der Waals surface area contributed by atoms with Crippen molar-refractivity contribution in [1.82, 2.24) is 19.9 Å². The van der Waals surface area contributed by atoms with Gasteiger partial charge in [0.1, 0.15) is 0 Å². The van der Waals surface area contributed by atoms with E-state index in [1.54, 1.807) is 11.3 Å².